The van der Waals surface area contributed by atoms with E-state index in [1.54, 1.807) is 0 Å². The molecule has 1 saturated heterocycles. The van der Waals surface area contributed by atoms with Crippen molar-refractivity contribution in [3.8, 4) is 0 Å². The van der Waals surface area contributed by atoms with E-state index in [1.165, 1.54) is 0 Å². The Morgan fingerprint density at radius 2 is 2.17 bits per heavy atom. The number of carbonyl (C=O) groups is 3. The number of ether oxygens (including phenoxy) is 1. The Bertz CT molecular complexity index is 325. The number of primary amides is 1. The van der Waals surface area contributed by atoms with E-state index in [9.17, 15) is 14.4 Å². The summed E-state index contributed by atoms with van der Waals surface area (Å²) in [5.74, 6) is -2.43. The van der Waals surface area contributed by atoms with Gasteiger partial charge in [-0.1, -0.05) is 0 Å². The first-order chi connectivity index (χ1) is 8.49. The van der Waals surface area contributed by atoms with Crippen molar-refractivity contribution in [2.45, 2.75) is 44.2 Å². The molecule has 7 heteroatoms. The molecule has 0 bridgehead atoms. The van der Waals surface area contributed by atoms with Crippen LogP contribution in [0.25, 0.3) is 0 Å². The second-order valence-corrected chi connectivity index (χ2v) is 4.30. The van der Waals surface area contributed by atoms with Gasteiger partial charge in [-0.25, -0.2) is 4.79 Å². The van der Waals surface area contributed by atoms with Crippen molar-refractivity contribution in [3.05, 3.63) is 0 Å². The maximum absolute atomic E-state index is 11.5. The van der Waals surface area contributed by atoms with Gasteiger partial charge >= 0.3 is 5.97 Å². The molecule has 18 heavy (non-hydrogen) atoms. The van der Waals surface area contributed by atoms with Crippen LogP contribution in [0.4, 0.5) is 0 Å². The molecule has 0 aliphatic carbocycles. The summed E-state index contributed by atoms with van der Waals surface area (Å²) in [6.45, 7) is 0.714. The van der Waals surface area contributed by atoms with Crippen LogP contribution in [-0.2, 0) is 19.1 Å². The van der Waals surface area contributed by atoms with Crippen LogP contribution < -0.4 is 11.1 Å². The lowest BCUT2D eigenvalue weighted by Crippen LogP contribution is -2.43. The molecule has 2 unspecified atom stereocenters. The predicted molar refractivity (Wildman–Crippen MR) is 61.6 cm³/mol. The molecule has 0 aromatic carbocycles. The van der Waals surface area contributed by atoms with Gasteiger partial charge in [0.15, 0.2) is 0 Å². The highest BCUT2D eigenvalue weighted by atomic mass is 16.5. The summed E-state index contributed by atoms with van der Waals surface area (Å²) in [6, 6.07) is -1.25. The lowest BCUT2D eigenvalue weighted by Gasteiger charge is -2.14. The van der Waals surface area contributed by atoms with Crippen molar-refractivity contribution in [1.82, 2.24) is 5.32 Å². The van der Waals surface area contributed by atoms with Crippen molar-refractivity contribution >= 4 is 17.8 Å². The highest BCUT2D eigenvalue weighted by molar-refractivity contribution is 5.88. The minimum atomic E-state index is -1.26. The van der Waals surface area contributed by atoms with Gasteiger partial charge < -0.3 is 20.9 Å². The molecule has 0 saturated carbocycles. The molecular formula is C11H18N2O5. The van der Waals surface area contributed by atoms with Crippen molar-refractivity contribution in [2.75, 3.05) is 6.61 Å². The molecule has 2 atom stereocenters. The van der Waals surface area contributed by atoms with E-state index in [0.29, 0.717) is 13.0 Å². The van der Waals surface area contributed by atoms with E-state index in [2.05, 4.69) is 5.32 Å². The fourth-order valence-electron chi connectivity index (χ4n) is 1.83. The van der Waals surface area contributed by atoms with Gasteiger partial charge in [0, 0.05) is 13.0 Å². The molecule has 4 N–H and O–H groups in total. The van der Waals surface area contributed by atoms with Gasteiger partial charge in [-0.3, -0.25) is 9.59 Å². The van der Waals surface area contributed by atoms with Gasteiger partial charge in [0.05, 0.1) is 12.5 Å². The Balaban J connectivity index is 2.31. The second kappa shape index (κ2) is 6.95. The summed E-state index contributed by atoms with van der Waals surface area (Å²) in [4.78, 5) is 32.9. The number of nitrogens with two attached hydrogens (primary N) is 1. The fourth-order valence-corrected chi connectivity index (χ4v) is 1.83. The number of carboxylic acid groups (broad SMARTS) is 1. The lowest BCUT2D eigenvalue weighted by molar-refractivity contribution is -0.143. The molecule has 0 aromatic rings. The Morgan fingerprint density at radius 1 is 1.44 bits per heavy atom. The van der Waals surface area contributed by atoms with E-state index in [4.69, 9.17) is 15.6 Å². The third-order valence-corrected chi connectivity index (χ3v) is 2.76. The second-order valence-electron chi connectivity index (χ2n) is 4.30. The van der Waals surface area contributed by atoms with E-state index < -0.39 is 30.2 Å². The first-order valence-electron chi connectivity index (χ1n) is 5.91. The van der Waals surface area contributed by atoms with Crippen molar-refractivity contribution in [1.29, 1.82) is 0 Å². The normalized spacial score (nSPS) is 20.3. The largest absolute Gasteiger partial charge is 0.480 e. The molecule has 0 radical (unpaired) electrons. The van der Waals surface area contributed by atoms with E-state index in [1.807, 2.05) is 0 Å². The molecule has 0 spiro atoms. The summed E-state index contributed by atoms with van der Waals surface area (Å²) in [5.41, 5.74) is 4.91. The van der Waals surface area contributed by atoms with Gasteiger partial charge in [0.25, 0.3) is 0 Å². The molecule has 2 amide bonds. The minimum Gasteiger partial charge on any atom is -0.480 e. The number of hydrogen-bond donors (Lipinski definition) is 3. The molecule has 1 rings (SSSR count). The van der Waals surface area contributed by atoms with E-state index in [-0.39, 0.29) is 12.5 Å². The van der Waals surface area contributed by atoms with Crippen LogP contribution in [0.15, 0.2) is 0 Å². The quantitative estimate of drug-likeness (QED) is 0.563. The Morgan fingerprint density at radius 3 is 2.67 bits per heavy atom. The highest BCUT2D eigenvalue weighted by Gasteiger charge is 2.23. The van der Waals surface area contributed by atoms with Crippen LogP contribution in [0.3, 0.4) is 0 Å². The zero-order valence-corrected chi connectivity index (χ0v) is 10.1. The average molecular weight is 258 g/mol. The van der Waals surface area contributed by atoms with E-state index >= 15 is 0 Å². The number of aliphatic carboxylic acids is 1. The molecule has 1 fully saturated rings. The molecular weight excluding hydrogens is 240 g/mol. The molecule has 1 aliphatic heterocycles. The SMILES string of the molecule is NC(=O)CC(NC(=O)CCC1CCCO1)C(=O)O. The van der Waals surface area contributed by atoms with Crippen LogP contribution >= 0.6 is 0 Å². The minimum absolute atomic E-state index is 0.0789. The third-order valence-electron chi connectivity index (χ3n) is 2.76. The number of hydrogen-bond acceptors (Lipinski definition) is 4. The molecule has 1 aliphatic rings. The number of rotatable bonds is 7. The maximum atomic E-state index is 11.5. The predicted octanol–water partition coefficient (Wildman–Crippen LogP) is -0.610. The fraction of sp³-hybridized carbons (Fsp3) is 0.727. The average Bonchev–Trinajstić information content (AvgIpc) is 2.77. The Kier molecular flexibility index (Phi) is 5.57. The van der Waals surface area contributed by atoms with Gasteiger partial charge in [0.2, 0.25) is 11.8 Å². The maximum Gasteiger partial charge on any atom is 0.326 e. The summed E-state index contributed by atoms with van der Waals surface area (Å²) in [6.07, 6.45) is 2.35. The Hall–Kier alpha value is -1.63. The summed E-state index contributed by atoms with van der Waals surface area (Å²) in [5, 5.41) is 11.1. The van der Waals surface area contributed by atoms with Crippen molar-refractivity contribution in [2.24, 2.45) is 5.73 Å². The summed E-state index contributed by atoms with van der Waals surface area (Å²) in [7, 11) is 0. The van der Waals surface area contributed by atoms with Crippen LogP contribution in [0, 0.1) is 0 Å². The standard InChI is InChI=1S/C11H18N2O5/c12-9(14)6-8(11(16)17)13-10(15)4-3-7-2-1-5-18-7/h7-8H,1-6H2,(H2,12,14)(H,13,15)(H,16,17). The lowest BCUT2D eigenvalue weighted by atomic mass is 10.1. The zero-order valence-electron chi connectivity index (χ0n) is 10.1. The monoisotopic (exact) mass is 258 g/mol. The number of amides is 2. The van der Waals surface area contributed by atoms with Crippen LogP contribution in [-0.4, -0.2) is 41.6 Å². The van der Waals surface area contributed by atoms with Crippen molar-refractivity contribution in [3.63, 3.8) is 0 Å². The van der Waals surface area contributed by atoms with Gasteiger partial charge in [-0.05, 0) is 19.3 Å². The molecule has 0 aromatic heterocycles. The smallest absolute Gasteiger partial charge is 0.326 e. The first kappa shape index (κ1) is 14.4. The molecule has 7 nitrogen and oxygen atoms in total. The first-order valence-corrected chi connectivity index (χ1v) is 5.91. The topological polar surface area (TPSA) is 119 Å². The Labute approximate surface area is 105 Å². The van der Waals surface area contributed by atoms with Gasteiger partial charge in [0.1, 0.15) is 6.04 Å². The third kappa shape index (κ3) is 5.13. The summed E-state index contributed by atoms with van der Waals surface area (Å²) < 4.78 is 5.35. The van der Waals surface area contributed by atoms with Gasteiger partial charge in [-0.15, -0.1) is 0 Å². The molecule has 102 valence electrons. The van der Waals surface area contributed by atoms with Crippen LogP contribution in [0.5, 0.6) is 0 Å². The van der Waals surface area contributed by atoms with Crippen molar-refractivity contribution < 1.29 is 24.2 Å². The zero-order chi connectivity index (χ0) is 13.5. The number of carbonyl (C=O) groups excluding carboxylic acids is 2. The van der Waals surface area contributed by atoms with Crippen LogP contribution in [0.2, 0.25) is 0 Å². The van der Waals surface area contributed by atoms with Crippen LogP contribution in [0.1, 0.15) is 32.1 Å². The van der Waals surface area contributed by atoms with E-state index in [0.717, 1.165) is 12.8 Å². The molecule has 1 heterocycles. The number of nitrogens with one attached hydrogen (secondary N) is 1. The highest BCUT2D eigenvalue weighted by Crippen LogP contribution is 2.16. The summed E-state index contributed by atoms with van der Waals surface area (Å²) >= 11 is 0. The van der Waals surface area contributed by atoms with Gasteiger partial charge in [-0.2, -0.15) is 0 Å². The number of carboxylic acids is 1.